The van der Waals surface area contributed by atoms with Crippen molar-refractivity contribution in [3.05, 3.63) is 58.7 Å². The molecule has 23 nitrogen and oxygen atoms in total. The maximum atomic E-state index is 12.8. The molecule has 8 N–H and O–H groups in total. The molecular weight excluding hydrogens is 954 g/mol. The van der Waals surface area contributed by atoms with E-state index in [9.17, 15) is 68.7 Å². The molecule has 2 aromatic rings. The van der Waals surface area contributed by atoms with Gasteiger partial charge in [0.25, 0.3) is 0 Å². The Kier molecular flexibility index (Phi) is 28.4. The molecule has 0 heterocycles. The topological polar surface area (TPSA) is 381 Å². The number of carboxylic acids is 6. The number of unbranched alkanes of at least 4 members (excludes halogenated alkanes) is 3. The van der Waals surface area contributed by atoms with Crippen molar-refractivity contribution in [2.24, 2.45) is 0 Å². The van der Waals surface area contributed by atoms with Gasteiger partial charge < -0.3 is 71.7 Å². The molecule has 370 valence electrons. The molecule has 0 saturated carbocycles. The third-order valence-electron chi connectivity index (χ3n) is 10.2. The Balaban J connectivity index is 0.0000231. The van der Waals surface area contributed by atoms with Crippen LogP contribution in [0.2, 0.25) is 0 Å². The molecular formula is C44H59GaN6O17. The number of carbonyl (C=O) groups is 9. The first-order valence-corrected chi connectivity index (χ1v) is 21.6. The Morgan fingerprint density at radius 3 is 1.46 bits per heavy atom. The van der Waals surface area contributed by atoms with Crippen LogP contribution >= 0.6 is 0 Å². The van der Waals surface area contributed by atoms with E-state index >= 15 is 0 Å². The van der Waals surface area contributed by atoms with Gasteiger partial charge in [-0.2, -0.15) is 0 Å². The second-order valence-corrected chi connectivity index (χ2v) is 15.8. The van der Waals surface area contributed by atoms with Crippen molar-refractivity contribution in [1.29, 1.82) is 0 Å². The zero-order chi connectivity index (χ0) is 49.9. The number of nitrogens with one attached hydrogen (secondary N) is 4. The molecule has 0 fully saturated rings. The fourth-order valence-electron chi connectivity index (χ4n) is 6.72. The number of benzene rings is 2. The summed E-state index contributed by atoms with van der Waals surface area (Å²) >= 11 is 0. The molecule has 0 aliphatic rings. The zero-order valence-corrected chi connectivity index (χ0v) is 40.0. The largest absolute Gasteiger partial charge is 3.00 e. The van der Waals surface area contributed by atoms with Crippen molar-refractivity contribution >= 4 is 73.5 Å². The first-order chi connectivity index (χ1) is 31.7. The molecule has 24 heteroatoms. The fraction of sp³-hybridized carbons (Fsp3) is 0.523. The van der Waals surface area contributed by atoms with Gasteiger partial charge in [0, 0.05) is 78.0 Å². The van der Waals surface area contributed by atoms with E-state index in [0.29, 0.717) is 49.8 Å². The number of rotatable bonds is 35. The Bertz CT molecular complexity index is 2030. The minimum atomic E-state index is -1.52. The van der Waals surface area contributed by atoms with Gasteiger partial charge in [-0.3, -0.25) is 29.0 Å². The molecule has 0 bridgehead atoms. The van der Waals surface area contributed by atoms with E-state index < -0.39 is 85.6 Å². The van der Waals surface area contributed by atoms with Crippen LogP contribution in [0, 0.1) is 0 Å². The Labute approximate surface area is 406 Å². The second-order valence-electron chi connectivity index (χ2n) is 15.8. The summed E-state index contributed by atoms with van der Waals surface area (Å²) in [7, 11) is 0. The van der Waals surface area contributed by atoms with Crippen LogP contribution < -0.4 is 41.7 Å². The molecule has 0 saturated heterocycles. The number of carbonyl (C=O) groups excluding carboxylic acids is 5. The molecule has 2 atom stereocenters. The van der Waals surface area contributed by atoms with E-state index in [1.807, 2.05) is 5.32 Å². The number of urea groups is 1. The summed E-state index contributed by atoms with van der Waals surface area (Å²) in [6.07, 6.45) is 2.04. The van der Waals surface area contributed by atoms with Crippen LogP contribution in [-0.4, -0.2) is 155 Å². The SMILES string of the molecule is O=C([O-])CN(CCN(CC(=O)[O-])Cc1cc(CCC(=O)NCCCCCC(=O)NCCCCC(NC(=O)NC(CCC(=O)O)C(=O)O)C(=O)O)ccc1[O-])Cc1cc(CCC(=O)O)ccc1[O-].[Ga+3].[H+]. The van der Waals surface area contributed by atoms with Crippen molar-refractivity contribution in [2.45, 2.75) is 109 Å². The van der Waals surface area contributed by atoms with Crippen LogP contribution in [0.15, 0.2) is 36.4 Å². The summed E-state index contributed by atoms with van der Waals surface area (Å²) < 4.78 is 0. The van der Waals surface area contributed by atoms with Crippen LogP contribution in [0.4, 0.5) is 4.79 Å². The van der Waals surface area contributed by atoms with Gasteiger partial charge in [-0.05, 0) is 73.6 Å². The van der Waals surface area contributed by atoms with Crippen molar-refractivity contribution in [3.8, 4) is 11.5 Å². The molecule has 68 heavy (non-hydrogen) atoms. The van der Waals surface area contributed by atoms with Gasteiger partial charge in [-0.1, -0.05) is 42.8 Å². The van der Waals surface area contributed by atoms with E-state index in [2.05, 4.69) is 16.0 Å². The summed E-state index contributed by atoms with van der Waals surface area (Å²) in [5, 5.41) is 94.6. The van der Waals surface area contributed by atoms with Crippen molar-refractivity contribution in [1.82, 2.24) is 31.1 Å². The van der Waals surface area contributed by atoms with Crippen LogP contribution in [0.3, 0.4) is 0 Å². The second kappa shape index (κ2) is 32.4. The number of aliphatic carboxylic acids is 6. The Hall–Kier alpha value is -6.37. The monoisotopic (exact) mass is 1010 g/mol. The third-order valence-corrected chi connectivity index (χ3v) is 10.2. The minimum absolute atomic E-state index is 0. The molecule has 0 aliphatic carbocycles. The first-order valence-electron chi connectivity index (χ1n) is 21.6. The molecule has 0 aliphatic heterocycles. The summed E-state index contributed by atoms with van der Waals surface area (Å²) in [5.41, 5.74) is 1.65. The summed E-state index contributed by atoms with van der Waals surface area (Å²) in [6, 6.07) is 4.73. The van der Waals surface area contributed by atoms with Gasteiger partial charge in [-0.25, -0.2) is 14.4 Å². The Morgan fingerprint density at radius 2 is 1.00 bits per heavy atom. The molecule has 2 aromatic carbocycles. The van der Waals surface area contributed by atoms with E-state index in [1.165, 1.54) is 34.1 Å². The van der Waals surface area contributed by atoms with Crippen LogP contribution in [0.5, 0.6) is 11.5 Å². The third kappa shape index (κ3) is 26.1. The quantitative estimate of drug-likeness (QED) is 0.0258. The van der Waals surface area contributed by atoms with Gasteiger partial charge in [-0.15, -0.1) is 11.5 Å². The summed E-state index contributed by atoms with van der Waals surface area (Å²) in [6.45, 7) is -0.999. The molecule has 0 aromatic heterocycles. The number of amides is 4. The fourth-order valence-corrected chi connectivity index (χ4v) is 6.72. The average molecular weight is 1010 g/mol. The van der Waals surface area contributed by atoms with Crippen molar-refractivity contribution in [2.75, 3.05) is 39.3 Å². The average Bonchev–Trinajstić information content (AvgIpc) is 3.24. The van der Waals surface area contributed by atoms with Gasteiger partial charge in [0.2, 0.25) is 11.8 Å². The molecule has 0 radical (unpaired) electrons. The predicted octanol–water partition coefficient (Wildman–Crippen LogP) is -2.65. The number of carboxylic acid groups (broad SMARTS) is 6. The zero-order valence-electron chi connectivity index (χ0n) is 38.5. The summed E-state index contributed by atoms with van der Waals surface area (Å²) in [5.74, 6) is -9.28. The molecule has 0 spiro atoms. The molecule has 2 unspecified atom stereocenters. The standard InChI is InChI=1S/C44H62N6O17.Ga/c51-34-13-8-28(22-30(34)24-49(26-40(59)60)20-21-50(27-41(61)62)25-31-23-29(9-14-35(31)52)11-16-38(55)56)10-15-37(54)46-18-4-1-2-7-36(53)45-19-5-3-6-32(42(63)64)47-44(67)48-33(43(65)66)12-17-39(57)58;/h8-9,13-14,22-23,32-33,51-52H,1-7,10-12,15-21,24-27H2,(H,45,53)(H,46,54)(H,55,56)(H,57,58)(H,59,60)(H,61,62)(H,63,64)(H,65,66)(H2,47,48,67);/q;+3/p-3. The van der Waals surface area contributed by atoms with E-state index in [-0.39, 0.29) is 121 Å². The van der Waals surface area contributed by atoms with Crippen molar-refractivity contribution in [3.63, 3.8) is 0 Å². The van der Waals surface area contributed by atoms with Crippen LogP contribution in [0.1, 0.15) is 94.3 Å². The smallest absolute Gasteiger partial charge is 0.872 e. The van der Waals surface area contributed by atoms with Crippen LogP contribution in [0.25, 0.3) is 0 Å². The van der Waals surface area contributed by atoms with E-state index in [1.54, 1.807) is 12.1 Å². The number of aryl methyl sites for hydroxylation is 2. The Morgan fingerprint density at radius 1 is 0.559 bits per heavy atom. The number of hydrogen-bond donors (Lipinski definition) is 8. The van der Waals surface area contributed by atoms with E-state index in [0.717, 1.165) is 0 Å². The van der Waals surface area contributed by atoms with Crippen molar-refractivity contribution < 1.29 is 85.4 Å². The molecule has 2 rings (SSSR count). The van der Waals surface area contributed by atoms with E-state index in [4.69, 9.17) is 15.3 Å². The number of nitrogens with zero attached hydrogens (tertiary/aromatic N) is 2. The maximum Gasteiger partial charge on any atom is 3.00 e. The summed E-state index contributed by atoms with van der Waals surface area (Å²) in [4.78, 5) is 107. The van der Waals surface area contributed by atoms with Gasteiger partial charge in [0.1, 0.15) is 12.1 Å². The van der Waals surface area contributed by atoms with Gasteiger partial charge in [0.05, 0.1) is 11.9 Å². The molecule has 4 amide bonds. The normalized spacial score (nSPS) is 11.7. The van der Waals surface area contributed by atoms with Gasteiger partial charge in [0.15, 0.2) is 0 Å². The number of hydrogen-bond acceptors (Lipinski definition) is 15. The van der Waals surface area contributed by atoms with Gasteiger partial charge >= 0.3 is 51.1 Å². The maximum absolute atomic E-state index is 12.8. The predicted molar refractivity (Wildman–Crippen MR) is 233 cm³/mol. The van der Waals surface area contributed by atoms with Crippen LogP contribution in [-0.2, 0) is 64.3 Å². The first kappa shape index (κ1) is 59.6. The minimum Gasteiger partial charge on any atom is -0.872 e.